The van der Waals surface area contributed by atoms with E-state index in [1.54, 1.807) is 0 Å². The summed E-state index contributed by atoms with van der Waals surface area (Å²) in [4.78, 5) is 11.5. The lowest BCUT2D eigenvalue weighted by atomic mass is 9.95. The number of ether oxygens (including phenoxy) is 1. The van der Waals surface area contributed by atoms with Crippen molar-refractivity contribution >= 4 is 5.78 Å². The van der Waals surface area contributed by atoms with Crippen LogP contribution in [-0.4, -0.2) is 19.0 Å². The van der Waals surface area contributed by atoms with Gasteiger partial charge < -0.3 is 4.74 Å². The van der Waals surface area contributed by atoms with Crippen molar-refractivity contribution in [3.8, 4) is 0 Å². The van der Waals surface area contributed by atoms with Gasteiger partial charge >= 0.3 is 0 Å². The Morgan fingerprint density at radius 2 is 2.38 bits per heavy atom. The normalized spacial score (nSPS) is 24.6. The summed E-state index contributed by atoms with van der Waals surface area (Å²) in [6.07, 6.45) is 3.68. The standard InChI is InChI=1S/C11H20O2/c1-3-9(2)6-11(12)7-10-4-5-13-8-10/h9-10H,3-8H2,1-2H3. The van der Waals surface area contributed by atoms with E-state index in [1.165, 1.54) is 0 Å². The maximum Gasteiger partial charge on any atom is 0.133 e. The molecule has 1 aliphatic rings. The van der Waals surface area contributed by atoms with Gasteiger partial charge in [-0.05, 0) is 18.3 Å². The van der Waals surface area contributed by atoms with Gasteiger partial charge in [-0.15, -0.1) is 0 Å². The number of Topliss-reactive ketones (excluding diaryl/α,β-unsaturated/α-hetero) is 1. The molecule has 1 heterocycles. The van der Waals surface area contributed by atoms with Gasteiger partial charge in [-0.3, -0.25) is 4.79 Å². The maximum atomic E-state index is 11.5. The fraction of sp³-hybridized carbons (Fsp3) is 0.909. The highest BCUT2D eigenvalue weighted by molar-refractivity contribution is 5.78. The zero-order valence-electron chi connectivity index (χ0n) is 8.71. The number of ketones is 1. The van der Waals surface area contributed by atoms with Crippen molar-refractivity contribution in [3.63, 3.8) is 0 Å². The number of carbonyl (C=O) groups is 1. The maximum absolute atomic E-state index is 11.5. The molecule has 0 aromatic rings. The highest BCUT2D eigenvalue weighted by atomic mass is 16.5. The molecule has 0 radical (unpaired) electrons. The van der Waals surface area contributed by atoms with Crippen LogP contribution >= 0.6 is 0 Å². The molecule has 1 aliphatic heterocycles. The minimum atomic E-state index is 0.421. The molecule has 76 valence electrons. The van der Waals surface area contributed by atoms with E-state index < -0.39 is 0 Å². The monoisotopic (exact) mass is 184 g/mol. The molecular weight excluding hydrogens is 164 g/mol. The van der Waals surface area contributed by atoms with Gasteiger partial charge in [0.25, 0.3) is 0 Å². The van der Waals surface area contributed by atoms with Crippen molar-refractivity contribution in [3.05, 3.63) is 0 Å². The van der Waals surface area contributed by atoms with Crippen molar-refractivity contribution < 1.29 is 9.53 Å². The molecule has 1 rings (SSSR count). The van der Waals surface area contributed by atoms with Crippen LogP contribution in [0, 0.1) is 11.8 Å². The molecule has 0 bridgehead atoms. The van der Waals surface area contributed by atoms with Crippen molar-refractivity contribution in [2.24, 2.45) is 11.8 Å². The van der Waals surface area contributed by atoms with Crippen LogP contribution in [-0.2, 0) is 9.53 Å². The van der Waals surface area contributed by atoms with E-state index >= 15 is 0 Å². The molecule has 0 N–H and O–H groups in total. The SMILES string of the molecule is CCC(C)CC(=O)CC1CCOC1. The van der Waals surface area contributed by atoms with Gasteiger partial charge in [-0.2, -0.15) is 0 Å². The molecular formula is C11H20O2. The lowest BCUT2D eigenvalue weighted by Gasteiger charge is -2.09. The van der Waals surface area contributed by atoms with E-state index in [0.29, 0.717) is 17.6 Å². The highest BCUT2D eigenvalue weighted by Crippen LogP contribution is 2.19. The summed E-state index contributed by atoms with van der Waals surface area (Å²) in [5, 5.41) is 0. The van der Waals surface area contributed by atoms with Crippen molar-refractivity contribution in [2.45, 2.75) is 39.5 Å². The summed E-state index contributed by atoms with van der Waals surface area (Å²) < 4.78 is 5.24. The number of carbonyl (C=O) groups excluding carboxylic acids is 1. The molecule has 0 aliphatic carbocycles. The minimum Gasteiger partial charge on any atom is -0.381 e. The summed E-state index contributed by atoms with van der Waals surface area (Å²) in [7, 11) is 0. The second-order valence-corrected chi connectivity index (χ2v) is 4.19. The smallest absolute Gasteiger partial charge is 0.133 e. The molecule has 0 amide bonds. The molecule has 1 fully saturated rings. The Balaban J connectivity index is 2.16. The van der Waals surface area contributed by atoms with Gasteiger partial charge in [0.1, 0.15) is 5.78 Å². The van der Waals surface area contributed by atoms with E-state index in [2.05, 4.69) is 13.8 Å². The van der Waals surface area contributed by atoms with Gasteiger partial charge in [0.05, 0.1) is 0 Å². The first-order valence-corrected chi connectivity index (χ1v) is 5.31. The quantitative estimate of drug-likeness (QED) is 0.656. The number of hydrogen-bond acceptors (Lipinski definition) is 2. The van der Waals surface area contributed by atoms with Crippen LogP contribution in [0.5, 0.6) is 0 Å². The third-order valence-electron chi connectivity index (χ3n) is 2.81. The molecule has 1 saturated heterocycles. The Morgan fingerprint density at radius 1 is 1.62 bits per heavy atom. The fourth-order valence-corrected chi connectivity index (χ4v) is 1.68. The second-order valence-electron chi connectivity index (χ2n) is 4.19. The lowest BCUT2D eigenvalue weighted by Crippen LogP contribution is -2.11. The molecule has 0 spiro atoms. The van der Waals surface area contributed by atoms with Gasteiger partial charge in [0, 0.05) is 26.1 Å². The molecule has 2 heteroatoms. The fourth-order valence-electron chi connectivity index (χ4n) is 1.68. The first-order valence-electron chi connectivity index (χ1n) is 5.31. The highest BCUT2D eigenvalue weighted by Gasteiger charge is 2.19. The molecule has 0 aromatic carbocycles. The summed E-state index contributed by atoms with van der Waals surface area (Å²) in [5.74, 6) is 1.48. The van der Waals surface area contributed by atoms with E-state index in [0.717, 1.165) is 38.9 Å². The van der Waals surface area contributed by atoms with Crippen LogP contribution in [0.2, 0.25) is 0 Å². The Bertz CT molecular complexity index is 159. The lowest BCUT2D eigenvalue weighted by molar-refractivity contribution is -0.120. The second kappa shape index (κ2) is 5.38. The molecule has 13 heavy (non-hydrogen) atoms. The van der Waals surface area contributed by atoms with E-state index in [1.807, 2.05) is 0 Å². The number of rotatable bonds is 5. The number of hydrogen-bond donors (Lipinski definition) is 0. The molecule has 0 aromatic heterocycles. The summed E-state index contributed by atoms with van der Waals surface area (Å²) in [5.41, 5.74) is 0. The van der Waals surface area contributed by atoms with Gasteiger partial charge in [0.2, 0.25) is 0 Å². The van der Waals surface area contributed by atoms with Crippen LogP contribution in [0.3, 0.4) is 0 Å². The molecule has 0 saturated carbocycles. The van der Waals surface area contributed by atoms with Crippen LogP contribution < -0.4 is 0 Å². The minimum absolute atomic E-state index is 0.421. The Labute approximate surface area is 80.7 Å². The van der Waals surface area contributed by atoms with Crippen LogP contribution in [0.1, 0.15) is 39.5 Å². The third kappa shape index (κ3) is 3.90. The summed E-state index contributed by atoms with van der Waals surface area (Å²) >= 11 is 0. The van der Waals surface area contributed by atoms with Crippen molar-refractivity contribution in [1.29, 1.82) is 0 Å². The van der Waals surface area contributed by atoms with Gasteiger partial charge in [-0.25, -0.2) is 0 Å². The largest absolute Gasteiger partial charge is 0.381 e. The Kier molecular flexibility index (Phi) is 4.43. The summed E-state index contributed by atoms with van der Waals surface area (Å²) in [6, 6.07) is 0. The third-order valence-corrected chi connectivity index (χ3v) is 2.81. The molecule has 2 atom stereocenters. The van der Waals surface area contributed by atoms with Gasteiger partial charge in [0.15, 0.2) is 0 Å². The Hall–Kier alpha value is -0.370. The first kappa shape index (κ1) is 10.7. The van der Waals surface area contributed by atoms with E-state index in [4.69, 9.17) is 4.74 Å². The van der Waals surface area contributed by atoms with Crippen LogP contribution in [0.25, 0.3) is 0 Å². The topological polar surface area (TPSA) is 26.3 Å². The van der Waals surface area contributed by atoms with Crippen LogP contribution in [0.4, 0.5) is 0 Å². The Morgan fingerprint density at radius 3 is 2.92 bits per heavy atom. The zero-order valence-corrected chi connectivity index (χ0v) is 8.71. The van der Waals surface area contributed by atoms with Crippen LogP contribution in [0.15, 0.2) is 0 Å². The zero-order chi connectivity index (χ0) is 9.68. The van der Waals surface area contributed by atoms with Crippen molar-refractivity contribution in [2.75, 3.05) is 13.2 Å². The molecule has 2 unspecified atom stereocenters. The van der Waals surface area contributed by atoms with Gasteiger partial charge in [-0.1, -0.05) is 20.3 Å². The average Bonchev–Trinajstić information content (AvgIpc) is 2.56. The predicted molar refractivity (Wildman–Crippen MR) is 52.6 cm³/mol. The van der Waals surface area contributed by atoms with E-state index in [-0.39, 0.29) is 0 Å². The summed E-state index contributed by atoms with van der Waals surface area (Å²) in [6.45, 7) is 5.92. The first-order chi connectivity index (χ1) is 6.22. The van der Waals surface area contributed by atoms with E-state index in [9.17, 15) is 4.79 Å². The molecule has 2 nitrogen and oxygen atoms in total. The van der Waals surface area contributed by atoms with Crippen molar-refractivity contribution in [1.82, 2.24) is 0 Å². The average molecular weight is 184 g/mol. The predicted octanol–water partition coefficient (Wildman–Crippen LogP) is 2.42.